The second-order valence-corrected chi connectivity index (χ2v) is 4.49. The smallest absolute Gasteiger partial charge is 0.290 e. The van der Waals surface area contributed by atoms with E-state index < -0.39 is 11.9 Å². The van der Waals surface area contributed by atoms with Crippen molar-refractivity contribution in [3.05, 3.63) is 23.7 Å². The van der Waals surface area contributed by atoms with E-state index in [1.165, 1.54) is 11.2 Å². The van der Waals surface area contributed by atoms with Gasteiger partial charge in [-0.05, 0) is 18.9 Å². The van der Waals surface area contributed by atoms with Gasteiger partial charge in [0.1, 0.15) is 6.04 Å². The molecule has 1 aromatic rings. The lowest BCUT2D eigenvalue weighted by Gasteiger charge is -2.34. The summed E-state index contributed by atoms with van der Waals surface area (Å²) in [6.45, 7) is 0.484. The predicted octanol–water partition coefficient (Wildman–Crippen LogP) is 0.0831. The first-order valence-corrected chi connectivity index (χ1v) is 5.88. The molecular formula is C12H12N2O4. The average molecular weight is 248 g/mol. The van der Waals surface area contributed by atoms with Gasteiger partial charge in [0.25, 0.3) is 5.91 Å². The standard InChI is InChI=1S/C12H12N2O4/c15-9-2-1-8(11(16)13-9)14-5-3-7-4-6-18-10(7)12(14)17/h4,6,8H,1-3,5H2,(H,13,15,16). The van der Waals surface area contributed by atoms with Crippen LogP contribution in [0.1, 0.15) is 29.0 Å². The van der Waals surface area contributed by atoms with Crippen molar-refractivity contribution in [2.75, 3.05) is 6.54 Å². The van der Waals surface area contributed by atoms with Crippen LogP contribution in [0.5, 0.6) is 0 Å². The number of amides is 3. The molecule has 0 saturated carbocycles. The van der Waals surface area contributed by atoms with Crippen LogP contribution in [0, 0.1) is 0 Å². The van der Waals surface area contributed by atoms with Crippen LogP contribution < -0.4 is 5.32 Å². The average Bonchev–Trinajstić information content (AvgIpc) is 2.80. The second kappa shape index (κ2) is 3.97. The molecule has 0 bridgehead atoms. The Kier molecular flexibility index (Phi) is 2.43. The summed E-state index contributed by atoms with van der Waals surface area (Å²) in [4.78, 5) is 36.5. The third kappa shape index (κ3) is 1.61. The fourth-order valence-corrected chi connectivity index (χ4v) is 2.47. The third-order valence-corrected chi connectivity index (χ3v) is 3.41. The lowest BCUT2D eigenvalue weighted by Crippen LogP contribution is -2.55. The number of piperidine rings is 1. The van der Waals surface area contributed by atoms with E-state index in [2.05, 4.69) is 5.32 Å². The first-order valence-electron chi connectivity index (χ1n) is 5.88. The number of imide groups is 1. The third-order valence-electron chi connectivity index (χ3n) is 3.41. The molecular weight excluding hydrogens is 236 g/mol. The largest absolute Gasteiger partial charge is 0.459 e. The molecule has 1 atom stereocenters. The summed E-state index contributed by atoms with van der Waals surface area (Å²) in [5.74, 6) is -0.629. The Morgan fingerprint density at radius 1 is 1.28 bits per heavy atom. The number of rotatable bonds is 1. The van der Waals surface area contributed by atoms with Crippen LogP contribution in [0.2, 0.25) is 0 Å². The molecule has 6 heteroatoms. The van der Waals surface area contributed by atoms with Crippen molar-refractivity contribution in [2.24, 2.45) is 0 Å². The normalized spacial score (nSPS) is 23.9. The van der Waals surface area contributed by atoms with Crippen LogP contribution in [0.15, 0.2) is 16.7 Å². The molecule has 3 rings (SSSR count). The zero-order valence-electron chi connectivity index (χ0n) is 9.64. The Morgan fingerprint density at radius 2 is 2.11 bits per heavy atom. The number of hydrogen-bond donors (Lipinski definition) is 1. The van der Waals surface area contributed by atoms with Gasteiger partial charge in [-0.1, -0.05) is 0 Å². The molecule has 2 aliphatic rings. The minimum Gasteiger partial charge on any atom is -0.459 e. The molecule has 1 fully saturated rings. The van der Waals surface area contributed by atoms with E-state index in [1.54, 1.807) is 6.07 Å². The van der Waals surface area contributed by atoms with E-state index in [9.17, 15) is 14.4 Å². The van der Waals surface area contributed by atoms with Gasteiger partial charge in [0, 0.05) is 18.5 Å². The van der Waals surface area contributed by atoms with Gasteiger partial charge in [0.15, 0.2) is 5.76 Å². The first kappa shape index (κ1) is 11.0. The van der Waals surface area contributed by atoms with Crippen molar-refractivity contribution in [2.45, 2.75) is 25.3 Å². The number of nitrogens with zero attached hydrogens (tertiary/aromatic N) is 1. The summed E-state index contributed by atoms with van der Waals surface area (Å²) in [5, 5.41) is 2.26. The lowest BCUT2D eigenvalue weighted by atomic mass is 10.00. The molecule has 0 radical (unpaired) electrons. The Hall–Kier alpha value is -2.11. The van der Waals surface area contributed by atoms with Crippen molar-refractivity contribution in [3.63, 3.8) is 0 Å². The minimum absolute atomic E-state index is 0.268. The van der Waals surface area contributed by atoms with Crippen LogP contribution in [0.3, 0.4) is 0 Å². The predicted molar refractivity (Wildman–Crippen MR) is 59.6 cm³/mol. The summed E-state index contributed by atoms with van der Waals surface area (Å²) in [6, 6.07) is 1.21. The molecule has 3 amide bonds. The van der Waals surface area contributed by atoms with Gasteiger partial charge in [0.05, 0.1) is 6.26 Å². The van der Waals surface area contributed by atoms with Gasteiger partial charge in [-0.15, -0.1) is 0 Å². The second-order valence-electron chi connectivity index (χ2n) is 4.49. The fourth-order valence-electron chi connectivity index (χ4n) is 2.47. The Balaban J connectivity index is 1.84. The fraction of sp³-hybridized carbons (Fsp3) is 0.417. The Labute approximate surface area is 103 Å². The Bertz CT molecular complexity index is 534. The number of furan rings is 1. The molecule has 18 heavy (non-hydrogen) atoms. The van der Waals surface area contributed by atoms with Crippen LogP contribution in [0.25, 0.3) is 0 Å². The summed E-state index contributed by atoms with van der Waals surface area (Å²) in [5.41, 5.74) is 0.878. The maximum absolute atomic E-state index is 12.2. The highest BCUT2D eigenvalue weighted by molar-refractivity contribution is 6.03. The van der Waals surface area contributed by atoms with E-state index in [-0.39, 0.29) is 18.2 Å². The van der Waals surface area contributed by atoms with E-state index in [0.29, 0.717) is 25.1 Å². The lowest BCUT2D eigenvalue weighted by molar-refractivity contribution is -0.136. The number of carbonyl (C=O) groups is 3. The van der Waals surface area contributed by atoms with Crippen LogP contribution in [0.4, 0.5) is 0 Å². The zero-order chi connectivity index (χ0) is 12.7. The summed E-state index contributed by atoms with van der Waals surface area (Å²) < 4.78 is 5.16. The van der Waals surface area contributed by atoms with Gasteiger partial charge in [-0.2, -0.15) is 0 Å². The van der Waals surface area contributed by atoms with Crippen molar-refractivity contribution in [3.8, 4) is 0 Å². The zero-order valence-corrected chi connectivity index (χ0v) is 9.64. The van der Waals surface area contributed by atoms with Crippen LogP contribution in [-0.4, -0.2) is 35.2 Å². The minimum atomic E-state index is -0.562. The summed E-state index contributed by atoms with van der Waals surface area (Å²) >= 11 is 0. The molecule has 1 aromatic heterocycles. The van der Waals surface area contributed by atoms with Crippen molar-refractivity contribution in [1.82, 2.24) is 10.2 Å². The Morgan fingerprint density at radius 3 is 2.89 bits per heavy atom. The molecule has 0 spiro atoms. The van der Waals surface area contributed by atoms with E-state index in [0.717, 1.165) is 5.56 Å². The maximum atomic E-state index is 12.2. The van der Waals surface area contributed by atoms with Gasteiger partial charge in [-0.25, -0.2) is 0 Å². The molecule has 0 aromatic carbocycles. The highest BCUT2D eigenvalue weighted by Gasteiger charge is 2.38. The summed E-state index contributed by atoms with van der Waals surface area (Å²) in [7, 11) is 0. The molecule has 2 aliphatic heterocycles. The molecule has 1 unspecified atom stereocenters. The molecule has 3 heterocycles. The molecule has 0 aliphatic carbocycles. The monoisotopic (exact) mass is 248 g/mol. The molecule has 6 nitrogen and oxygen atoms in total. The number of fused-ring (bicyclic) bond motifs is 1. The number of nitrogens with one attached hydrogen (secondary N) is 1. The van der Waals surface area contributed by atoms with Crippen LogP contribution >= 0.6 is 0 Å². The molecule has 94 valence electrons. The van der Waals surface area contributed by atoms with Crippen molar-refractivity contribution in [1.29, 1.82) is 0 Å². The van der Waals surface area contributed by atoms with Gasteiger partial charge in [0.2, 0.25) is 11.8 Å². The van der Waals surface area contributed by atoms with E-state index in [4.69, 9.17) is 4.42 Å². The van der Waals surface area contributed by atoms with Crippen molar-refractivity contribution >= 4 is 17.7 Å². The highest BCUT2D eigenvalue weighted by atomic mass is 16.3. The van der Waals surface area contributed by atoms with E-state index in [1.807, 2.05) is 0 Å². The topological polar surface area (TPSA) is 79.6 Å². The number of carbonyl (C=O) groups excluding carboxylic acids is 3. The van der Waals surface area contributed by atoms with Crippen LogP contribution in [-0.2, 0) is 16.0 Å². The molecule has 1 saturated heterocycles. The highest BCUT2D eigenvalue weighted by Crippen LogP contribution is 2.24. The first-order chi connectivity index (χ1) is 8.66. The van der Waals surface area contributed by atoms with Gasteiger partial charge in [-0.3, -0.25) is 19.7 Å². The van der Waals surface area contributed by atoms with E-state index >= 15 is 0 Å². The van der Waals surface area contributed by atoms with Gasteiger partial charge >= 0.3 is 0 Å². The number of hydrogen-bond acceptors (Lipinski definition) is 4. The van der Waals surface area contributed by atoms with Crippen molar-refractivity contribution < 1.29 is 18.8 Å². The summed E-state index contributed by atoms with van der Waals surface area (Å²) in [6.07, 6.45) is 2.81. The molecule has 1 N–H and O–H groups in total. The SMILES string of the molecule is O=C1CCC(N2CCc3ccoc3C2=O)C(=O)N1. The van der Waals surface area contributed by atoms with Gasteiger partial charge < -0.3 is 9.32 Å². The quantitative estimate of drug-likeness (QED) is 0.714. The maximum Gasteiger partial charge on any atom is 0.290 e.